The first-order valence-corrected chi connectivity index (χ1v) is 10.9. The second-order valence-corrected chi connectivity index (χ2v) is 8.46. The highest BCUT2D eigenvalue weighted by molar-refractivity contribution is 6.02. The summed E-state index contributed by atoms with van der Waals surface area (Å²) in [5.41, 5.74) is 1.61. The van der Waals surface area contributed by atoms with Gasteiger partial charge in [0, 0.05) is 51.4 Å². The van der Waals surface area contributed by atoms with Crippen molar-refractivity contribution in [1.82, 2.24) is 10.2 Å². The molecule has 158 valence electrons. The Kier molecular flexibility index (Phi) is 5.89. The van der Waals surface area contributed by atoms with Crippen LogP contribution in [0, 0.1) is 10.1 Å². The van der Waals surface area contributed by atoms with Crippen LogP contribution in [0.3, 0.4) is 0 Å². The number of hydrogen-bond acceptors (Lipinski definition) is 6. The van der Waals surface area contributed by atoms with E-state index >= 15 is 0 Å². The van der Waals surface area contributed by atoms with Gasteiger partial charge in [0.05, 0.1) is 16.2 Å². The number of carbonyl (C=O) groups is 1. The average molecular weight is 402 g/mol. The van der Waals surface area contributed by atoms with Gasteiger partial charge in [0.15, 0.2) is 0 Å². The molecule has 0 atom stereocenters. The topological polar surface area (TPSA) is 90.8 Å². The third-order valence-electron chi connectivity index (χ3n) is 6.48. The minimum absolute atomic E-state index is 0.0540. The zero-order chi connectivity index (χ0) is 20.4. The summed E-state index contributed by atoms with van der Waals surface area (Å²) in [6.07, 6.45) is 8.01. The van der Waals surface area contributed by atoms with Crippen molar-refractivity contribution in [3.63, 3.8) is 0 Å². The Morgan fingerprint density at radius 3 is 2.34 bits per heavy atom. The first kappa shape index (κ1) is 19.9. The molecule has 1 heterocycles. The predicted octanol–water partition coefficient (Wildman–Crippen LogP) is 2.98. The quantitative estimate of drug-likeness (QED) is 0.563. The number of carbonyl (C=O) groups excluding carboxylic acids is 1. The van der Waals surface area contributed by atoms with Crippen LogP contribution in [0.15, 0.2) is 12.1 Å². The molecule has 3 aliphatic rings. The summed E-state index contributed by atoms with van der Waals surface area (Å²) >= 11 is 0. The number of nitrogens with one attached hydrogen (secondary N) is 2. The van der Waals surface area contributed by atoms with Gasteiger partial charge < -0.3 is 15.5 Å². The third kappa shape index (κ3) is 4.47. The number of rotatable bonds is 6. The van der Waals surface area contributed by atoms with Crippen molar-refractivity contribution in [3.8, 4) is 0 Å². The number of nitro groups is 1. The molecule has 8 nitrogen and oxygen atoms in total. The highest BCUT2D eigenvalue weighted by Crippen LogP contribution is 2.35. The smallest absolute Gasteiger partial charge is 0.293 e. The Hall–Kier alpha value is -2.35. The Morgan fingerprint density at radius 2 is 1.76 bits per heavy atom. The molecule has 1 aromatic carbocycles. The molecular formula is C21H31N5O3. The van der Waals surface area contributed by atoms with E-state index in [1.807, 2.05) is 0 Å². The fourth-order valence-electron chi connectivity index (χ4n) is 4.65. The van der Waals surface area contributed by atoms with E-state index in [1.54, 1.807) is 13.1 Å². The van der Waals surface area contributed by atoms with Crippen LogP contribution in [0.5, 0.6) is 0 Å². The lowest BCUT2D eigenvalue weighted by Gasteiger charge is -2.37. The van der Waals surface area contributed by atoms with Crippen LogP contribution >= 0.6 is 0 Å². The average Bonchev–Trinajstić information content (AvgIpc) is 3.59. The van der Waals surface area contributed by atoms with Crippen molar-refractivity contribution in [3.05, 3.63) is 27.8 Å². The lowest BCUT2D eigenvalue weighted by Crippen LogP contribution is -2.48. The monoisotopic (exact) mass is 401 g/mol. The fourth-order valence-corrected chi connectivity index (χ4v) is 4.65. The van der Waals surface area contributed by atoms with Crippen LogP contribution in [0.2, 0.25) is 0 Å². The van der Waals surface area contributed by atoms with Gasteiger partial charge in [-0.3, -0.25) is 19.8 Å². The minimum Gasteiger partial charge on any atom is -0.383 e. The van der Waals surface area contributed by atoms with Gasteiger partial charge >= 0.3 is 0 Å². The van der Waals surface area contributed by atoms with E-state index in [9.17, 15) is 14.9 Å². The van der Waals surface area contributed by atoms with Crippen molar-refractivity contribution in [2.24, 2.45) is 0 Å². The summed E-state index contributed by atoms with van der Waals surface area (Å²) in [5, 5.41) is 17.6. The summed E-state index contributed by atoms with van der Waals surface area (Å²) in [6, 6.07) is 4.13. The lowest BCUT2D eigenvalue weighted by molar-refractivity contribution is -0.383. The van der Waals surface area contributed by atoms with E-state index in [0.29, 0.717) is 11.3 Å². The van der Waals surface area contributed by atoms with Gasteiger partial charge in [0.25, 0.3) is 11.6 Å². The predicted molar refractivity (Wildman–Crippen MR) is 114 cm³/mol. The normalized spacial score (nSPS) is 21.1. The molecule has 0 aromatic heterocycles. The maximum absolute atomic E-state index is 13.1. The van der Waals surface area contributed by atoms with Gasteiger partial charge in [-0.25, -0.2) is 0 Å². The highest BCUT2D eigenvalue weighted by Gasteiger charge is 2.33. The SMILES string of the molecule is CNc1cc(N2CCN(C3CC3)CC2)c(C(=O)NC2CCCCC2)cc1[N+](=O)[O-]. The maximum Gasteiger partial charge on any atom is 0.293 e. The second-order valence-electron chi connectivity index (χ2n) is 8.46. The molecule has 0 unspecified atom stereocenters. The molecule has 1 amide bonds. The molecule has 0 radical (unpaired) electrons. The van der Waals surface area contributed by atoms with Crippen molar-refractivity contribution < 1.29 is 9.72 Å². The van der Waals surface area contributed by atoms with E-state index in [1.165, 1.54) is 25.3 Å². The molecule has 1 aromatic rings. The van der Waals surface area contributed by atoms with Crippen LogP contribution < -0.4 is 15.5 Å². The van der Waals surface area contributed by atoms with Crippen molar-refractivity contribution in [2.45, 2.75) is 57.0 Å². The second kappa shape index (κ2) is 8.57. The lowest BCUT2D eigenvalue weighted by atomic mass is 9.95. The van der Waals surface area contributed by atoms with Crippen LogP contribution in [0.1, 0.15) is 55.3 Å². The first-order chi connectivity index (χ1) is 14.1. The zero-order valence-electron chi connectivity index (χ0n) is 17.2. The van der Waals surface area contributed by atoms with Gasteiger partial charge in [-0.2, -0.15) is 0 Å². The Morgan fingerprint density at radius 1 is 1.07 bits per heavy atom. The fraction of sp³-hybridized carbons (Fsp3) is 0.667. The van der Waals surface area contributed by atoms with E-state index < -0.39 is 4.92 Å². The number of hydrogen-bond donors (Lipinski definition) is 2. The first-order valence-electron chi connectivity index (χ1n) is 10.9. The maximum atomic E-state index is 13.1. The summed E-state index contributed by atoms with van der Waals surface area (Å²) in [4.78, 5) is 29.0. The molecule has 4 rings (SSSR count). The van der Waals surface area contributed by atoms with Crippen LogP contribution in [0.4, 0.5) is 17.1 Å². The molecule has 29 heavy (non-hydrogen) atoms. The van der Waals surface area contributed by atoms with E-state index in [0.717, 1.165) is 63.6 Å². The third-order valence-corrected chi connectivity index (χ3v) is 6.48. The number of piperazine rings is 1. The molecule has 2 N–H and O–H groups in total. The molecule has 3 fully saturated rings. The van der Waals surface area contributed by atoms with Gasteiger partial charge in [0.2, 0.25) is 0 Å². The summed E-state index contributed by atoms with van der Waals surface area (Å²) in [7, 11) is 1.68. The van der Waals surface area contributed by atoms with Gasteiger partial charge in [-0.15, -0.1) is 0 Å². The molecule has 2 saturated carbocycles. The molecule has 0 bridgehead atoms. The minimum atomic E-state index is -0.419. The molecule has 2 aliphatic carbocycles. The van der Waals surface area contributed by atoms with Crippen LogP contribution in [-0.4, -0.2) is 61.0 Å². The van der Waals surface area contributed by atoms with Crippen molar-refractivity contribution in [1.29, 1.82) is 0 Å². The summed E-state index contributed by atoms with van der Waals surface area (Å²) in [5.74, 6) is -0.192. The molecule has 0 spiro atoms. The van der Waals surface area contributed by atoms with Gasteiger partial charge in [-0.1, -0.05) is 19.3 Å². The largest absolute Gasteiger partial charge is 0.383 e. The van der Waals surface area contributed by atoms with Crippen molar-refractivity contribution >= 4 is 23.0 Å². The molecule has 1 aliphatic heterocycles. The van der Waals surface area contributed by atoms with Gasteiger partial charge in [0.1, 0.15) is 5.69 Å². The van der Waals surface area contributed by atoms with Crippen molar-refractivity contribution in [2.75, 3.05) is 43.4 Å². The summed E-state index contributed by atoms with van der Waals surface area (Å²) in [6.45, 7) is 3.61. The number of anilines is 2. The van der Waals surface area contributed by atoms with E-state index in [2.05, 4.69) is 20.4 Å². The van der Waals surface area contributed by atoms with Crippen LogP contribution in [0.25, 0.3) is 0 Å². The number of amides is 1. The van der Waals surface area contributed by atoms with Gasteiger partial charge in [-0.05, 0) is 31.7 Å². The molecule has 1 saturated heterocycles. The molecular weight excluding hydrogens is 370 g/mol. The summed E-state index contributed by atoms with van der Waals surface area (Å²) < 4.78 is 0. The van der Waals surface area contributed by atoms with E-state index in [4.69, 9.17) is 0 Å². The number of nitrogens with zero attached hydrogens (tertiary/aromatic N) is 3. The number of benzene rings is 1. The van der Waals surface area contributed by atoms with Crippen LogP contribution in [-0.2, 0) is 0 Å². The number of nitro benzene ring substituents is 1. The zero-order valence-corrected chi connectivity index (χ0v) is 17.2. The standard InChI is InChI=1S/C21H31N5O3/c1-22-18-14-19(25-11-9-24(10-12-25)16-7-8-16)17(13-20(18)26(28)29)21(27)23-15-5-3-2-4-6-15/h13-16,22H,2-12H2,1H3,(H,23,27). The Balaban J connectivity index is 1.60. The highest BCUT2D eigenvalue weighted by atomic mass is 16.6. The van der Waals surface area contributed by atoms with E-state index in [-0.39, 0.29) is 17.6 Å². The molecule has 8 heteroatoms. The Bertz CT molecular complexity index is 766. The Labute approximate surface area is 171 Å².